The first-order valence-corrected chi connectivity index (χ1v) is 10.9. The van der Waals surface area contributed by atoms with Crippen LogP contribution in [0.3, 0.4) is 0 Å². The number of carbonyl (C=O) groups is 1. The summed E-state index contributed by atoms with van der Waals surface area (Å²) in [5, 5.41) is 5.66. The molecule has 1 fully saturated rings. The van der Waals surface area contributed by atoms with Gasteiger partial charge < -0.3 is 15.1 Å². The third kappa shape index (κ3) is 5.34. The molecule has 11 heteroatoms. The molecule has 0 aromatic carbocycles. The second-order valence-electron chi connectivity index (χ2n) is 7.43. The number of piperazine rings is 1. The highest BCUT2D eigenvalue weighted by Crippen LogP contribution is 2.29. The van der Waals surface area contributed by atoms with Gasteiger partial charge in [0.2, 0.25) is 5.91 Å². The maximum atomic E-state index is 12.7. The Morgan fingerprint density at radius 2 is 1.94 bits per heavy atom. The molecule has 1 saturated heterocycles. The van der Waals surface area contributed by atoms with Crippen LogP contribution < -0.4 is 10.2 Å². The third-order valence-corrected chi connectivity index (χ3v) is 5.87. The molecule has 7 nitrogen and oxygen atoms in total. The summed E-state index contributed by atoms with van der Waals surface area (Å²) >= 11 is 1.41. The van der Waals surface area contributed by atoms with Crippen LogP contribution in [0, 0.1) is 6.92 Å². The van der Waals surface area contributed by atoms with Gasteiger partial charge in [-0.25, -0.2) is 15.0 Å². The molecule has 0 atom stereocenters. The van der Waals surface area contributed by atoms with E-state index in [9.17, 15) is 18.0 Å². The highest BCUT2D eigenvalue weighted by molar-refractivity contribution is 7.13. The maximum Gasteiger partial charge on any atom is 0.417 e. The van der Waals surface area contributed by atoms with E-state index >= 15 is 0 Å². The van der Waals surface area contributed by atoms with Crippen LogP contribution in [0.15, 0.2) is 42.0 Å². The number of alkyl halides is 3. The maximum absolute atomic E-state index is 12.7. The van der Waals surface area contributed by atoms with Gasteiger partial charge in [0.1, 0.15) is 11.6 Å². The number of pyridine rings is 2. The Balaban J connectivity index is 1.29. The summed E-state index contributed by atoms with van der Waals surface area (Å²) in [4.78, 5) is 28.9. The van der Waals surface area contributed by atoms with Crippen LogP contribution >= 0.6 is 11.3 Å². The summed E-state index contributed by atoms with van der Waals surface area (Å²) in [5.41, 5.74) is 0.993. The molecular formula is C21H21F3N6OS. The lowest BCUT2D eigenvalue weighted by Crippen LogP contribution is -2.49. The molecule has 0 spiro atoms. The van der Waals surface area contributed by atoms with Crippen LogP contribution in [0.25, 0.3) is 0 Å². The van der Waals surface area contributed by atoms with Gasteiger partial charge in [-0.1, -0.05) is 0 Å². The highest BCUT2D eigenvalue weighted by Gasteiger charge is 2.31. The van der Waals surface area contributed by atoms with Gasteiger partial charge in [-0.15, -0.1) is 11.3 Å². The molecule has 0 saturated carbocycles. The first-order valence-electron chi connectivity index (χ1n) is 9.98. The molecule has 0 aliphatic carbocycles. The van der Waals surface area contributed by atoms with Gasteiger partial charge in [0, 0.05) is 44.0 Å². The van der Waals surface area contributed by atoms with Crippen molar-refractivity contribution in [1.29, 1.82) is 0 Å². The van der Waals surface area contributed by atoms with Crippen molar-refractivity contribution in [2.45, 2.75) is 19.5 Å². The monoisotopic (exact) mass is 462 g/mol. The molecule has 1 amide bonds. The van der Waals surface area contributed by atoms with Gasteiger partial charge in [0.25, 0.3) is 0 Å². The van der Waals surface area contributed by atoms with Gasteiger partial charge in [-0.05, 0) is 36.8 Å². The van der Waals surface area contributed by atoms with Crippen LogP contribution in [0.1, 0.15) is 16.8 Å². The number of hydrogen-bond acceptors (Lipinski definition) is 7. The van der Waals surface area contributed by atoms with E-state index in [0.29, 0.717) is 48.6 Å². The SMILES string of the molecule is Cc1ccnc(Nc2nc(CC(=O)N3CCN(c4ccc(C(F)(F)F)cn4)CC3)cs2)c1. The van der Waals surface area contributed by atoms with Gasteiger partial charge in [0.05, 0.1) is 17.7 Å². The third-order valence-electron chi connectivity index (χ3n) is 5.07. The lowest BCUT2D eigenvalue weighted by Gasteiger charge is -2.35. The summed E-state index contributed by atoms with van der Waals surface area (Å²) in [7, 11) is 0. The van der Waals surface area contributed by atoms with Crippen molar-refractivity contribution >= 4 is 34.0 Å². The molecule has 168 valence electrons. The minimum atomic E-state index is -4.40. The molecule has 1 N–H and O–H groups in total. The number of thiazole rings is 1. The Kier molecular flexibility index (Phi) is 6.26. The minimum Gasteiger partial charge on any atom is -0.353 e. The van der Waals surface area contributed by atoms with E-state index in [4.69, 9.17) is 0 Å². The van der Waals surface area contributed by atoms with E-state index < -0.39 is 11.7 Å². The summed E-state index contributed by atoms with van der Waals surface area (Å²) in [5.74, 6) is 1.14. The fourth-order valence-corrected chi connectivity index (χ4v) is 4.07. The zero-order valence-electron chi connectivity index (χ0n) is 17.3. The second kappa shape index (κ2) is 9.11. The molecule has 1 aliphatic heterocycles. The number of halogens is 3. The predicted molar refractivity (Wildman–Crippen MR) is 116 cm³/mol. The van der Waals surface area contributed by atoms with E-state index in [1.54, 1.807) is 11.1 Å². The molecule has 0 bridgehead atoms. The van der Waals surface area contributed by atoms with Crippen LogP contribution in [0.2, 0.25) is 0 Å². The number of carbonyl (C=O) groups excluding carboxylic acids is 1. The lowest BCUT2D eigenvalue weighted by molar-refractivity contribution is -0.137. The van der Waals surface area contributed by atoms with Crippen molar-refractivity contribution in [3.63, 3.8) is 0 Å². The number of amides is 1. The van der Waals surface area contributed by atoms with Crippen molar-refractivity contribution in [1.82, 2.24) is 19.9 Å². The molecule has 1 aliphatic rings. The Morgan fingerprint density at radius 1 is 1.16 bits per heavy atom. The van der Waals surface area contributed by atoms with E-state index in [1.807, 2.05) is 29.3 Å². The Bertz CT molecular complexity index is 1080. The summed E-state index contributed by atoms with van der Waals surface area (Å²) < 4.78 is 38.1. The first kappa shape index (κ1) is 22.0. The fraction of sp³-hybridized carbons (Fsp3) is 0.333. The molecule has 32 heavy (non-hydrogen) atoms. The smallest absolute Gasteiger partial charge is 0.353 e. The van der Waals surface area contributed by atoms with Crippen molar-refractivity contribution in [3.8, 4) is 0 Å². The van der Waals surface area contributed by atoms with E-state index in [-0.39, 0.29) is 12.3 Å². The van der Waals surface area contributed by atoms with Crippen molar-refractivity contribution < 1.29 is 18.0 Å². The quantitative estimate of drug-likeness (QED) is 0.620. The zero-order chi connectivity index (χ0) is 22.7. The fourth-order valence-electron chi connectivity index (χ4n) is 3.35. The molecule has 0 unspecified atom stereocenters. The largest absolute Gasteiger partial charge is 0.417 e. The number of aryl methyl sites for hydroxylation is 1. The summed E-state index contributed by atoms with van der Waals surface area (Å²) in [6, 6.07) is 6.22. The van der Waals surface area contributed by atoms with E-state index in [0.717, 1.165) is 17.8 Å². The normalized spacial score (nSPS) is 14.5. The number of nitrogens with one attached hydrogen (secondary N) is 1. The molecule has 3 aromatic heterocycles. The minimum absolute atomic E-state index is 0.0319. The average Bonchev–Trinajstić information content (AvgIpc) is 3.20. The van der Waals surface area contributed by atoms with Crippen LogP contribution in [0.5, 0.6) is 0 Å². The first-order chi connectivity index (χ1) is 15.3. The van der Waals surface area contributed by atoms with Gasteiger partial charge in [-0.3, -0.25) is 4.79 Å². The number of hydrogen-bond donors (Lipinski definition) is 1. The molecule has 3 aromatic rings. The Morgan fingerprint density at radius 3 is 2.59 bits per heavy atom. The number of nitrogens with zero attached hydrogens (tertiary/aromatic N) is 5. The Labute approximate surface area is 186 Å². The van der Waals surface area contributed by atoms with Gasteiger partial charge >= 0.3 is 6.18 Å². The van der Waals surface area contributed by atoms with Crippen LogP contribution in [-0.4, -0.2) is 51.9 Å². The zero-order valence-corrected chi connectivity index (χ0v) is 18.1. The van der Waals surface area contributed by atoms with Gasteiger partial charge in [-0.2, -0.15) is 13.2 Å². The lowest BCUT2D eigenvalue weighted by atomic mass is 10.2. The predicted octanol–water partition coefficient (Wildman–Crippen LogP) is 3.90. The summed E-state index contributed by atoms with van der Waals surface area (Å²) in [6.07, 6.45) is -1.65. The number of anilines is 3. The standard InChI is InChI=1S/C21H21F3N6OS/c1-14-4-5-25-17(10-14)28-20-27-16(13-32-20)11-19(31)30-8-6-29(7-9-30)18-3-2-15(12-26-18)21(22,23)24/h2-5,10,12-13H,6-9,11H2,1H3,(H,25,27,28). The van der Waals surface area contributed by atoms with Crippen LogP contribution in [-0.2, 0) is 17.4 Å². The van der Waals surface area contributed by atoms with Gasteiger partial charge in [0.15, 0.2) is 5.13 Å². The molecule has 0 radical (unpaired) electrons. The molecular weight excluding hydrogens is 441 g/mol. The molecule has 4 heterocycles. The van der Waals surface area contributed by atoms with Crippen molar-refractivity contribution in [3.05, 3.63) is 58.9 Å². The second-order valence-corrected chi connectivity index (χ2v) is 8.29. The highest BCUT2D eigenvalue weighted by atomic mass is 32.1. The molecule has 4 rings (SSSR count). The topological polar surface area (TPSA) is 74.2 Å². The van der Waals surface area contributed by atoms with Crippen molar-refractivity contribution in [2.24, 2.45) is 0 Å². The van der Waals surface area contributed by atoms with E-state index in [1.165, 1.54) is 17.4 Å². The van der Waals surface area contributed by atoms with E-state index in [2.05, 4.69) is 20.3 Å². The van der Waals surface area contributed by atoms with Crippen LogP contribution in [0.4, 0.5) is 29.9 Å². The van der Waals surface area contributed by atoms with Crippen molar-refractivity contribution in [2.75, 3.05) is 36.4 Å². The number of rotatable bonds is 5. The number of aromatic nitrogens is 3. The summed E-state index contributed by atoms with van der Waals surface area (Å²) in [6.45, 7) is 3.94. The average molecular weight is 463 g/mol. The Hall–Kier alpha value is -3.21.